The molecule has 160 valence electrons. The van der Waals surface area contributed by atoms with Gasteiger partial charge in [-0.15, -0.1) is 0 Å². The standard InChI is InChI=1S/C23H22ClN3O4/c1-30-18-12-17(13-19(14-18)31-2)23(29)27-9-7-26(8-10-27)22(28)16-3-5-20-15(11-16)4-6-21(24)25-20/h3-6,11-14H,7-10H2,1-2H3. The molecule has 0 unspecified atom stereocenters. The number of hydrogen-bond donors (Lipinski definition) is 0. The van der Waals surface area contributed by atoms with Gasteiger partial charge in [-0.3, -0.25) is 9.59 Å². The number of fused-ring (bicyclic) bond motifs is 1. The van der Waals surface area contributed by atoms with Crippen LogP contribution in [0.25, 0.3) is 10.9 Å². The molecule has 0 saturated carbocycles. The second-order valence-electron chi connectivity index (χ2n) is 7.23. The van der Waals surface area contributed by atoms with Gasteiger partial charge in [0.2, 0.25) is 0 Å². The summed E-state index contributed by atoms with van der Waals surface area (Å²) in [6.07, 6.45) is 0. The van der Waals surface area contributed by atoms with Crippen LogP contribution in [0.2, 0.25) is 5.15 Å². The van der Waals surface area contributed by atoms with E-state index < -0.39 is 0 Å². The third-order valence-electron chi connectivity index (χ3n) is 5.35. The van der Waals surface area contributed by atoms with E-state index in [-0.39, 0.29) is 11.8 Å². The lowest BCUT2D eigenvalue weighted by Gasteiger charge is -2.35. The first-order valence-electron chi connectivity index (χ1n) is 9.86. The van der Waals surface area contributed by atoms with Gasteiger partial charge in [0.15, 0.2) is 0 Å². The highest BCUT2D eigenvalue weighted by Gasteiger charge is 2.26. The van der Waals surface area contributed by atoms with Gasteiger partial charge in [0.1, 0.15) is 16.7 Å². The van der Waals surface area contributed by atoms with E-state index >= 15 is 0 Å². The van der Waals surface area contributed by atoms with Crippen molar-refractivity contribution in [2.45, 2.75) is 0 Å². The lowest BCUT2D eigenvalue weighted by molar-refractivity contribution is 0.0535. The fraction of sp³-hybridized carbons (Fsp3) is 0.261. The smallest absolute Gasteiger partial charge is 0.254 e. The normalized spacial score (nSPS) is 13.9. The van der Waals surface area contributed by atoms with E-state index in [1.807, 2.05) is 12.1 Å². The van der Waals surface area contributed by atoms with E-state index in [0.717, 1.165) is 10.9 Å². The van der Waals surface area contributed by atoms with Crippen LogP contribution >= 0.6 is 11.6 Å². The quantitative estimate of drug-likeness (QED) is 0.582. The zero-order valence-corrected chi connectivity index (χ0v) is 18.1. The molecular weight excluding hydrogens is 418 g/mol. The summed E-state index contributed by atoms with van der Waals surface area (Å²) in [6.45, 7) is 1.83. The number of ether oxygens (including phenoxy) is 2. The summed E-state index contributed by atoms with van der Waals surface area (Å²) in [7, 11) is 3.09. The van der Waals surface area contributed by atoms with Crippen molar-refractivity contribution in [1.82, 2.24) is 14.8 Å². The molecule has 3 aromatic rings. The van der Waals surface area contributed by atoms with Gasteiger partial charge in [0.05, 0.1) is 19.7 Å². The van der Waals surface area contributed by atoms with E-state index in [1.54, 1.807) is 60.4 Å². The Hall–Kier alpha value is -3.32. The van der Waals surface area contributed by atoms with Gasteiger partial charge in [0.25, 0.3) is 11.8 Å². The Kier molecular flexibility index (Phi) is 5.95. The zero-order valence-electron chi connectivity index (χ0n) is 17.3. The predicted octanol–water partition coefficient (Wildman–Crippen LogP) is 3.50. The third-order valence-corrected chi connectivity index (χ3v) is 5.57. The number of aromatic nitrogens is 1. The summed E-state index contributed by atoms with van der Waals surface area (Å²) in [5.41, 5.74) is 1.83. The van der Waals surface area contributed by atoms with E-state index in [0.29, 0.717) is 54.0 Å². The van der Waals surface area contributed by atoms with E-state index in [4.69, 9.17) is 21.1 Å². The lowest BCUT2D eigenvalue weighted by Crippen LogP contribution is -2.50. The Morgan fingerprint density at radius 2 is 1.39 bits per heavy atom. The number of benzene rings is 2. The fourth-order valence-electron chi connectivity index (χ4n) is 3.64. The van der Waals surface area contributed by atoms with Crippen molar-refractivity contribution >= 4 is 34.3 Å². The van der Waals surface area contributed by atoms with E-state index in [2.05, 4.69) is 4.98 Å². The van der Waals surface area contributed by atoms with Crippen LogP contribution in [0.5, 0.6) is 11.5 Å². The van der Waals surface area contributed by atoms with Gasteiger partial charge in [-0.1, -0.05) is 11.6 Å². The van der Waals surface area contributed by atoms with Crippen molar-refractivity contribution in [3.63, 3.8) is 0 Å². The first-order chi connectivity index (χ1) is 15.0. The minimum Gasteiger partial charge on any atom is -0.497 e. The summed E-state index contributed by atoms with van der Waals surface area (Å²) < 4.78 is 10.5. The molecule has 0 spiro atoms. The van der Waals surface area contributed by atoms with E-state index in [9.17, 15) is 9.59 Å². The SMILES string of the molecule is COc1cc(OC)cc(C(=O)N2CCN(C(=O)c3ccc4nc(Cl)ccc4c3)CC2)c1. The van der Waals surface area contributed by atoms with Crippen LogP contribution in [0.4, 0.5) is 0 Å². The Morgan fingerprint density at radius 1 is 0.806 bits per heavy atom. The van der Waals surface area contributed by atoms with Crippen molar-refractivity contribution in [3.8, 4) is 11.5 Å². The van der Waals surface area contributed by atoms with Crippen molar-refractivity contribution in [2.75, 3.05) is 40.4 Å². The van der Waals surface area contributed by atoms with Gasteiger partial charge in [-0.25, -0.2) is 4.98 Å². The fourth-order valence-corrected chi connectivity index (χ4v) is 3.80. The molecule has 7 nitrogen and oxygen atoms in total. The van der Waals surface area contributed by atoms with Crippen LogP contribution < -0.4 is 9.47 Å². The van der Waals surface area contributed by atoms with Crippen molar-refractivity contribution in [2.24, 2.45) is 0 Å². The van der Waals surface area contributed by atoms with Crippen LogP contribution in [-0.4, -0.2) is 67.0 Å². The van der Waals surface area contributed by atoms with Crippen LogP contribution in [0.3, 0.4) is 0 Å². The molecule has 1 aliphatic rings. The first-order valence-corrected chi connectivity index (χ1v) is 10.2. The molecule has 1 aliphatic heterocycles. The minimum atomic E-state index is -0.113. The van der Waals surface area contributed by atoms with Crippen LogP contribution in [-0.2, 0) is 0 Å². The zero-order chi connectivity index (χ0) is 22.0. The maximum absolute atomic E-state index is 13.0. The molecule has 0 radical (unpaired) electrons. The molecule has 31 heavy (non-hydrogen) atoms. The molecule has 1 saturated heterocycles. The van der Waals surface area contributed by atoms with Gasteiger partial charge in [0, 0.05) is 48.8 Å². The Morgan fingerprint density at radius 3 is 1.97 bits per heavy atom. The Bertz CT molecular complexity index is 1120. The van der Waals surface area contributed by atoms with Crippen molar-refractivity contribution < 1.29 is 19.1 Å². The maximum atomic E-state index is 13.0. The number of methoxy groups -OCH3 is 2. The number of carbonyl (C=O) groups excluding carboxylic acids is 2. The number of nitrogens with zero attached hydrogens (tertiary/aromatic N) is 3. The maximum Gasteiger partial charge on any atom is 0.254 e. The van der Waals surface area contributed by atoms with Crippen molar-refractivity contribution in [3.05, 3.63) is 64.8 Å². The van der Waals surface area contributed by atoms with E-state index in [1.165, 1.54) is 0 Å². The molecule has 2 heterocycles. The molecular formula is C23H22ClN3O4. The highest BCUT2D eigenvalue weighted by atomic mass is 35.5. The average Bonchev–Trinajstić information content (AvgIpc) is 2.82. The van der Waals surface area contributed by atoms with Gasteiger partial charge in [-0.05, 0) is 42.5 Å². The number of hydrogen-bond acceptors (Lipinski definition) is 5. The topological polar surface area (TPSA) is 72.0 Å². The minimum absolute atomic E-state index is 0.0630. The number of carbonyl (C=O) groups is 2. The Balaban J connectivity index is 1.44. The molecule has 2 amide bonds. The summed E-state index contributed by atoms with van der Waals surface area (Å²) in [5, 5.41) is 1.28. The molecule has 0 atom stereocenters. The largest absolute Gasteiger partial charge is 0.497 e. The molecule has 0 bridgehead atoms. The van der Waals surface area contributed by atoms with Crippen LogP contribution in [0.1, 0.15) is 20.7 Å². The van der Waals surface area contributed by atoms with Crippen LogP contribution in [0.15, 0.2) is 48.5 Å². The molecule has 0 aliphatic carbocycles. The molecule has 1 fully saturated rings. The predicted molar refractivity (Wildman–Crippen MR) is 118 cm³/mol. The van der Waals surface area contributed by atoms with Gasteiger partial charge < -0.3 is 19.3 Å². The molecule has 1 aromatic heterocycles. The highest BCUT2D eigenvalue weighted by molar-refractivity contribution is 6.29. The third kappa shape index (κ3) is 4.41. The molecule has 8 heteroatoms. The van der Waals surface area contributed by atoms with Gasteiger partial charge in [-0.2, -0.15) is 0 Å². The van der Waals surface area contributed by atoms with Gasteiger partial charge >= 0.3 is 0 Å². The average molecular weight is 440 g/mol. The number of halogens is 1. The second kappa shape index (κ2) is 8.81. The van der Waals surface area contributed by atoms with Crippen molar-refractivity contribution in [1.29, 1.82) is 0 Å². The molecule has 0 N–H and O–H groups in total. The monoisotopic (exact) mass is 439 g/mol. The first kappa shape index (κ1) is 20.9. The Labute approximate surface area is 185 Å². The summed E-state index contributed by atoms with van der Waals surface area (Å²) in [4.78, 5) is 33.7. The van der Waals surface area contributed by atoms with Crippen LogP contribution in [0, 0.1) is 0 Å². The summed E-state index contributed by atoms with van der Waals surface area (Å²) >= 11 is 5.93. The number of pyridine rings is 1. The summed E-state index contributed by atoms with van der Waals surface area (Å²) in [6, 6.07) is 14.0. The summed E-state index contributed by atoms with van der Waals surface area (Å²) in [5.74, 6) is 0.942. The lowest BCUT2D eigenvalue weighted by atomic mass is 10.1. The number of piperazine rings is 1. The number of rotatable bonds is 4. The highest BCUT2D eigenvalue weighted by Crippen LogP contribution is 2.24. The molecule has 4 rings (SSSR count). The second-order valence-corrected chi connectivity index (χ2v) is 7.61. The molecule has 2 aromatic carbocycles. The number of amides is 2.